The van der Waals surface area contributed by atoms with Gasteiger partial charge in [0.1, 0.15) is 17.1 Å². The third kappa shape index (κ3) is 5.12. The minimum atomic E-state index is -0.559. The Balaban J connectivity index is 0.00000353. The molecule has 6 rings (SSSR count). The standard InChI is InChI=1S/C34H49N3O3S.CH4/c1-5-19-35-30(39)29-21(2)20-41-32-28(31(40)37(29)32)36-27(38)11-8-10-23-13-15-25-24-14-12-22-9-6-7-17-33(22,3)26(24)16-18-34(23,25)4;/h1,22-26,28,32H,6-20H2,2-4H3,(H,35,39)(H,36,38);1H4/t22?,23?,24?,25?,26?,28?,32?,33-,34?;/m1./s1. The first-order chi connectivity index (χ1) is 19.7. The zero-order valence-corrected chi connectivity index (χ0v) is 26.1. The molecule has 5 fully saturated rings. The Kier molecular flexibility index (Phi) is 9.16. The van der Waals surface area contributed by atoms with Gasteiger partial charge in [0.05, 0.1) is 6.54 Å². The van der Waals surface area contributed by atoms with E-state index in [1.54, 1.807) is 11.8 Å². The summed E-state index contributed by atoms with van der Waals surface area (Å²) in [6.45, 7) is 7.24. The van der Waals surface area contributed by atoms with Crippen LogP contribution in [0.2, 0.25) is 0 Å². The molecule has 0 aromatic rings. The summed E-state index contributed by atoms with van der Waals surface area (Å²) >= 11 is 1.60. The lowest BCUT2D eigenvalue weighted by molar-refractivity contribution is -0.147. The van der Waals surface area contributed by atoms with Crippen LogP contribution in [0.15, 0.2) is 11.3 Å². The van der Waals surface area contributed by atoms with Crippen LogP contribution in [-0.4, -0.2) is 46.3 Å². The fourth-order valence-electron chi connectivity index (χ4n) is 10.6. The highest BCUT2D eigenvalue weighted by Crippen LogP contribution is 2.67. The molecule has 4 saturated carbocycles. The quantitative estimate of drug-likeness (QED) is 0.269. The van der Waals surface area contributed by atoms with E-state index in [-0.39, 0.29) is 37.1 Å². The zero-order valence-electron chi connectivity index (χ0n) is 25.3. The Labute approximate surface area is 258 Å². The van der Waals surface area contributed by atoms with E-state index in [9.17, 15) is 14.4 Å². The number of rotatable bonds is 7. The van der Waals surface area contributed by atoms with Crippen molar-refractivity contribution in [2.24, 2.45) is 40.4 Å². The van der Waals surface area contributed by atoms with Gasteiger partial charge in [-0.3, -0.25) is 19.3 Å². The number of β-lactam (4-membered cyclic amide) rings is 1. The summed E-state index contributed by atoms with van der Waals surface area (Å²) in [6.07, 6.45) is 21.9. The normalized spacial score (nSPS) is 40.3. The van der Waals surface area contributed by atoms with E-state index in [2.05, 4.69) is 30.4 Å². The predicted octanol–water partition coefficient (Wildman–Crippen LogP) is 6.27. The summed E-state index contributed by atoms with van der Waals surface area (Å²) in [6, 6.07) is -0.559. The Morgan fingerprint density at radius 1 is 1.05 bits per heavy atom. The van der Waals surface area contributed by atoms with Crippen molar-refractivity contribution in [2.75, 3.05) is 12.3 Å². The molecule has 2 N–H and O–H groups in total. The Bertz CT molecular complexity index is 1160. The number of nitrogens with zero attached hydrogens (tertiary/aromatic N) is 1. The van der Waals surface area contributed by atoms with Gasteiger partial charge in [0, 0.05) is 12.2 Å². The van der Waals surface area contributed by atoms with Gasteiger partial charge in [-0.1, -0.05) is 40.0 Å². The molecule has 0 aromatic heterocycles. The first-order valence-corrected chi connectivity index (χ1v) is 17.4. The molecule has 4 aliphatic carbocycles. The molecule has 0 bridgehead atoms. The van der Waals surface area contributed by atoms with Crippen molar-refractivity contribution in [3.05, 3.63) is 11.3 Å². The topological polar surface area (TPSA) is 78.5 Å². The molecule has 2 heterocycles. The monoisotopic (exact) mass is 595 g/mol. The van der Waals surface area contributed by atoms with Crippen LogP contribution in [0.25, 0.3) is 0 Å². The number of hydrogen-bond acceptors (Lipinski definition) is 4. The summed E-state index contributed by atoms with van der Waals surface area (Å²) in [4.78, 5) is 40.2. The molecule has 9 atom stereocenters. The molecule has 0 radical (unpaired) electrons. The molecular formula is C35H53N3O3S. The van der Waals surface area contributed by atoms with Crippen LogP contribution < -0.4 is 10.6 Å². The van der Waals surface area contributed by atoms with Gasteiger partial charge in [-0.15, -0.1) is 18.2 Å². The van der Waals surface area contributed by atoms with Crippen molar-refractivity contribution >= 4 is 29.5 Å². The SMILES string of the molecule is C.C#CCNC(=O)C1=C(C)CSC2C(NC(=O)CCCC3CCC4C5CCC6CCCC[C@@]6(C)C5CCC34C)C(=O)N12. The maximum Gasteiger partial charge on any atom is 0.268 e. The maximum absolute atomic E-state index is 13.0. The van der Waals surface area contributed by atoms with Crippen LogP contribution in [-0.2, 0) is 14.4 Å². The lowest BCUT2D eigenvalue weighted by Crippen LogP contribution is -2.70. The number of thioether (sulfide) groups is 1. The highest BCUT2D eigenvalue weighted by Gasteiger charge is 2.59. The van der Waals surface area contributed by atoms with Crippen LogP contribution in [0.5, 0.6) is 0 Å². The largest absolute Gasteiger partial charge is 0.342 e. The van der Waals surface area contributed by atoms with E-state index >= 15 is 0 Å². The molecule has 6 aliphatic rings. The third-order valence-corrected chi connectivity index (χ3v) is 14.2. The highest BCUT2D eigenvalue weighted by atomic mass is 32.2. The molecule has 8 unspecified atom stereocenters. The number of terminal acetylenes is 1. The van der Waals surface area contributed by atoms with E-state index in [0.29, 0.717) is 34.6 Å². The number of amides is 3. The van der Waals surface area contributed by atoms with Crippen molar-refractivity contribution in [2.45, 2.75) is 123 Å². The number of fused-ring (bicyclic) bond motifs is 6. The fourth-order valence-corrected chi connectivity index (χ4v) is 11.9. The minimum Gasteiger partial charge on any atom is -0.342 e. The van der Waals surface area contributed by atoms with Gasteiger partial charge in [0.25, 0.3) is 11.8 Å². The second kappa shape index (κ2) is 12.2. The van der Waals surface area contributed by atoms with Crippen LogP contribution in [0, 0.1) is 52.8 Å². The van der Waals surface area contributed by atoms with E-state index in [4.69, 9.17) is 6.42 Å². The van der Waals surface area contributed by atoms with Gasteiger partial charge in [0.15, 0.2) is 0 Å². The molecule has 7 heteroatoms. The number of hydrogen-bond donors (Lipinski definition) is 2. The lowest BCUT2D eigenvalue weighted by atomic mass is 9.45. The lowest BCUT2D eigenvalue weighted by Gasteiger charge is -2.60. The predicted molar refractivity (Wildman–Crippen MR) is 170 cm³/mol. The van der Waals surface area contributed by atoms with E-state index in [1.807, 2.05) is 6.92 Å². The average Bonchev–Trinajstić information content (AvgIpc) is 3.30. The Morgan fingerprint density at radius 3 is 2.62 bits per heavy atom. The van der Waals surface area contributed by atoms with E-state index in [0.717, 1.165) is 42.1 Å². The van der Waals surface area contributed by atoms with Gasteiger partial charge in [0.2, 0.25) is 5.91 Å². The van der Waals surface area contributed by atoms with E-state index in [1.165, 1.54) is 69.1 Å². The Morgan fingerprint density at radius 2 is 1.83 bits per heavy atom. The van der Waals surface area contributed by atoms with Crippen molar-refractivity contribution in [1.82, 2.24) is 15.5 Å². The zero-order chi connectivity index (χ0) is 28.9. The first kappa shape index (κ1) is 31.5. The van der Waals surface area contributed by atoms with Gasteiger partial charge < -0.3 is 10.6 Å². The van der Waals surface area contributed by atoms with Crippen molar-refractivity contribution in [1.29, 1.82) is 0 Å². The van der Waals surface area contributed by atoms with Crippen LogP contribution in [0.1, 0.15) is 112 Å². The van der Waals surface area contributed by atoms with Gasteiger partial charge in [-0.05, 0) is 117 Å². The van der Waals surface area contributed by atoms with Crippen molar-refractivity contribution in [3.8, 4) is 12.3 Å². The minimum absolute atomic E-state index is 0. The molecule has 0 aromatic carbocycles. The summed E-state index contributed by atoms with van der Waals surface area (Å²) in [7, 11) is 0. The van der Waals surface area contributed by atoms with Crippen LogP contribution in [0.3, 0.4) is 0 Å². The number of nitrogens with one attached hydrogen (secondary N) is 2. The second-order valence-electron chi connectivity index (χ2n) is 14.6. The fraction of sp³-hybridized carbons (Fsp3) is 0.800. The van der Waals surface area contributed by atoms with Gasteiger partial charge in [-0.2, -0.15) is 0 Å². The van der Waals surface area contributed by atoms with Crippen molar-refractivity contribution < 1.29 is 14.4 Å². The first-order valence-electron chi connectivity index (χ1n) is 16.3. The summed E-state index contributed by atoms with van der Waals surface area (Å²) in [5, 5.41) is 5.45. The van der Waals surface area contributed by atoms with Crippen LogP contribution >= 0.6 is 11.8 Å². The van der Waals surface area contributed by atoms with E-state index < -0.39 is 6.04 Å². The number of carbonyl (C=O) groups is 3. The molecule has 2 aliphatic heterocycles. The molecule has 0 spiro atoms. The molecule has 1 saturated heterocycles. The summed E-state index contributed by atoms with van der Waals surface area (Å²) in [5.41, 5.74) is 2.27. The molecule has 42 heavy (non-hydrogen) atoms. The van der Waals surface area contributed by atoms with Gasteiger partial charge in [-0.25, -0.2) is 0 Å². The Hall–Kier alpha value is -1.94. The third-order valence-electron chi connectivity index (χ3n) is 12.8. The highest BCUT2D eigenvalue weighted by molar-refractivity contribution is 8.00. The van der Waals surface area contributed by atoms with Crippen molar-refractivity contribution in [3.63, 3.8) is 0 Å². The second-order valence-corrected chi connectivity index (χ2v) is 15.7. The molecule has 3 amide bonds. The summed E-state index contributed by atoms with van der Waals surface area (Å²) in [5.74, 6) is 6.89. The van der Waals surface area contributed by atoms with Gasteiger partial charge >= 0.3 is 0 Å². The molecular weight excluding hydrogens is 542 g/mol. The number of carbonyl (C=O) groups excluding carboxylic acids is 3. The van der Waals surface area contributed by atoms with Crippen LogP contribution in [0.4, 0.5) is 0 Å². The average molecular weight is 596 g/mol. The molecule has 232 valence electrons. The summed E-state index contributed by atoms with van der Waals surface area (Å²) < 4.78 is 0. The molecule has 6 nitrogen and oxygen atoms in total. The maximum atomic E-state index is 13.0. The smallest absolute Gasteiger partial charge is 0.268 e.